The maximum atomic E-state index is 12.9. The molecule has 6 nitrogen and oxygen atoms in total. The average molecular weight is 389 g/mol. The number of nitrogens with one attached hydrogen (secondary N) is 1. The van der Waals surface area contributed by atoms with Crippen LogP contribution in [-0.2, 0) is 22.7 Å². The van der Waals surface area contributed by atoms with Gasteiger partial charge in [-0.05, 0) is 24.5 Å². The molecule has 2 amide bonds. The van der Waals surface area contributed by atoms with Crippen molar-refractivity contribution in [2.75, 3.05) is 13.1 Å². The maximum absolute atomic E-state index is 12.9. The molecule has 0 aliphatic carbocycles. The van der Waals surface area contributed by atoms with Crippen molar-refractivity contribution in [3.8, 4) is 0 Å². The van der Waals surface area contributed by atoms with Crippen LogP contribution < -0.4 is 5.32 Å². The molecule has 0 spiro atoms. The third-order valence-electron chi connectivity index (χ3n) is 5.27. The van der Waals surface area contributed by atoms with E-state index in [2.05, 4.69) is 5.32 Å². The Bertz CT molecular complexity index is 1050. The standard InChI is InChI=1S/C23H23N3O3/c27-21(24-14-17-8-2-1-3-9-17)16-26-15-19(18-10-4-5-11-20(18)26)22(28)23(29)25-12-6-7-13-25/h1-5,8-11,15H,6-7,12-14,16H2,(H,24,27). The number of nitrogens with zero attached hydrogens (tertiary/aromatic N) is 2. The number of aromatic nitrogens is 1. The molecule has 1 aromatic heterocycles. The van der Waals surface area contributed by atoms with Gasteiger partial charge in [0.2, 0.25) is 5.91 Å². The van der Waals surface area contributed by atoms with Crippen LogP contribution in [0.5, 0.6) is 0 Å². The topological polar surface area (TPSA) is 71.4 Å². The Morgan fingerprint density at radius 3 is 2.34 bits per heavy atom. The number of Topliss-reactive ketones (excluding diaryl/α,β-unsaturated/α-hetero) is 1. The molecule has 0 saturated carbocycles. The van der Waals surface area contributed by atoms with Gasteiger partial charge in [0, 0.05) is 36.7 Å². The third kappa shape index (κ3) is 4.06. The first-order valence-electron chi connectivity index (χ1n) is 9.85. The molecule has 0 unspecified atom stereocenters. The Labute approximate surface area is 169 Å². The van der Waals surface area contributed by atoms with E-state index in [9.17, 15) is 14.4 Å². The van der Waals surface area contributed by atoms with Crippen LogP contribution in [0.15, 0.2) is 60.8 Å². The molecule has 6 heteroatoms. The number of para-hydroxylation sites is 1. The smallest absolute Gasteiger partial charge is 0.295 e. The first kappa shape index (κ1) is 18.9. The molecule has 1 aliphatic heterocycles. The number of amides is 2. The molecule has 1 saturated heterocycles. The van der Waals surface area contributed by atoms with Crippen LogP contribution in [0.2, 0.25) is 0 Å². The highest BCUT2D eigenvalue weighted by Gasteiger charge is 2.28. The van der Waals surface area contributed by atoms with Gasteiger partial charge >= 0.3 is 0 Å². The van der Waals surface area contributed by atoms with Gasteiger partial charge in [-0.2, -0.15) is 0 Å². The summed E-state index contributed by atoms with van der Waals surface area (Å²) in [6.07, 6.45) is 3.49. The number of carbonyl (C=O) groups is 3. The summed E-state index contributed by atoms with van der Waals surface area (Å²) in [6, 6.07) is 17.1. The minimum absolute atomic E-state index is 0.0819. The number of carbonyl (C=O) groups excluding carboxylic acids is 3. The number of fused-ring (bicyclic) bond motifs is 1. The molecule has 2 heterocycles. The monoisotopic (exact) mass is 389 g/mol. The molecule has 29 heavy (non-hydrogen) atoms. The van der Waals surface area contributed by atoms with Crippen LogP contribution in [0.4, 0.5) is 0 Å². The minimum atomic E-state index is -0.508. The molecule has 3 aromatic rings. The van der Waals surface area contributed by atoms with Gasteiger partial charge in [-0.25, -0.2) is 0 Å². The summed E-state index contributed by atoms with van der Waals surface area (Å²) in [5.74, 6) is -1.12. The van der Waals surface area contributed by atoms with Gasteiger partial charge in [-0.15, -0.1) is 0 Å². The van der Waals surface area contributed by atoms with Gasteiger partial charge in [0.25, 0.3) is 11.7 Å². The number of hydrogen-bond donors (Lipinski definition) is 1. The summed E-state index contributed by atoms with van der Waals surface area (Å²) >= 11 is 0. The van der Waals surface area contributed by atoms with Gasteiger partial charge in [0.1, 0.15) is 6.54 Å². The van der Waals surface area contributed by atoms with Crippen LogP contribution in [0.3, 0.4) is 0 Å². The predicted octanol–water partition coefficient (Wildman–Crippen LogP) is 2.76. The predicted molar refractivity (Wildman–Crippen MR) is 110 cm³/mol. The fraction of sp³-hybridized carbons (Fsp3) is 0.261. The molecule has 0 atom stereocenters. The van der Waals surface area contributed by atoms with E-state index < -0.39 is 11.7 Å². The summed E-state index contributed by atoms with van der Waals surface area (Å²) in [4.78, 5) is 39.5. The van der Waals surface area contributed by atoms with Gasteiger partial charge < -0.3 is 14.8 Å². The van der Waals surface area contributed by atoms with Crippen molar-refractivity contribution < 1.29 is 14.4 Å². The molecular formula is C23H23N3O3. The average Bonchev–Trinajstić information content (AvgIpc) is 3.41. The number of likely N-dealkylation sites (tertiary alicyclic amines) is 1. The van der Waals surface area contributed by atoms with Crippen LogP contribution in [0, 0.1) is 0 Å². The van der Waals surface area contributed by atoms with Crippen molar-refractivity contribution in [3.63, 3.8) is 0 Å². The fourth-order valence-electron chi connectivity index (χ4n) is 3.74. The highest BCUT2D eigenvalue weighted by molar-refractivity contribution is 6.44. The Balaban J connectivity index is 1.53. The molecule has 1 N–H and O–H groups in total. The third-order valence-corrected chi connectivity index (χ3v) is 5.27. The normalized spacial score (nSPS) is 13.6. The van der Waals surface area contributed by atoms with E-state index in [0.29, 0.717) is 30.6 Å². The van der Waals surface area contributed by atoms with Crippen molar-refractivity contribution in [1.82, 2.24) is 14.8 Å². The molecular weight excluding hydrogens is 366 g/mol. The highest BCUT2D eigenvalue weighted by atomic mass is 16.2. The summed E-state index contributed by atoms with van der Waals surface area (Å²) in [7, 11) is 0. The zero-order chi connectivity index (χ0) is 20.2. The molecule has 148 valence electrons. The minimum Gasteiger partial charge on any atom is -0.350 e. The molecule has 1 fully saturated rings. The quantitative estimate of drug-likeness (QED) is 0.521. The lowest BCUT2D eigenvalue weighted by molar-refractivity contribution is -0.125. The van der Waals surface area contributed by atoms with E-state index in [4.69, 9.17) is 0 Å². The Morgan fingerprint density at radius 2 is 1.59 bits per heavy atom. The summed E-state index contributed by atoms with van der Waals surface area (Å²) in [6.45, 7) is 1.78. The largest absolute Gasteiger partial charge is 0.350 e. The van der Waals surface area contributed by atoms with Crippen molar-refractivity contribution in [2.45, 2.75) is 25.9 Å². The van der Waals surface area contributed by atoms with Crippen molar-refractivity contribution in [1.29, 1.82) is 0 Å². The van der Waals surface area contributed by atoms with Crippen LogP contribution in [-0.4, -0.2) is 40.2 Å². The Morgan fingerprint density at radius 1 is 0.897 bits per heavy atom. The van der Waals surface area contributed by atoms with Crippen LogP contribution in [0.25, 0.3) is 10.9 Å². The van der Waals surface area contributed by atoms with Crippen LogP contribution in [0.1, 0.15) is 28.8 Å². The van der Waals surface area contributed by atoms with Crippen molar-refractivity contribution in [2.24, 2.45) is 0 Å². The van der Waals surface area contributed by atoms with Crippen LogP contribution >= 0.6 is 0 Å². The lowest BCUT2D eigenvalue weighted by atomic mass is 10.1. The summed E-state index contributed by atoms with van der Waals surface area (Å²) in [5, 5.41) is 3.59. The first-order valence-corrected chi connectivity index (χ1v) is 9.85. The van der Waals surface area contributed by atoms with Crippen molar-refractivity contribution in [3.05, 3.63) is 71.9 Å². The lowest BCUT2D eigenvalue weighted by Gasteiger charge is -2.13. The molecule has 0 radical (unpaired) electrons. The zero-order valence-electron chi connectivity index (χ0n) is 16.1. The first-order chi connectivity index (χ1) is 14.1. The number of rotatable bonds is 6. The van der Waals surface area contributed by atoms with E-state index in [1.54, 1.807) is 15.7 Å². The number of ketones is 1. The van der Waals surface area contributed by atoms with E-state index in [1.165, 1.54) is 0 Å². The second-order valence-electron chi connectivity index (χ2n) is 7.28. The van der Waals surface area contributed by atoms with E-state index in [1.807, 2.05) is 54.6 Å². The summed E-state index contributed by atoms with van der Waals surface area (Å²) < 4.78 is 1.74. The molecule has 4 rings (SSSR count). The van der Waals surface area contributed by atoms with E-state index in [-0.39, 0.29) is 12.5 Å². The maximum Gasteiger partial charge on any atom is 0.295 e. The number of hydrogen-bond acceptors (Lipinski definition) is 3. The van der Waals surface area contributed by atoms with Gasteiger partial charge in [0.15, 0.2) is 0 Å². The highest BCUT2D eigenvalue weighted by Crippen LogP contribution is 2.23. The lowest BCUT2D eigenvalue weighted by Crippen LogP contribution is -2.34. The van der Waals surface area contributed by atoms with E-state index >= 15 is 0 Å². The molecule has 0 bridgehead atoms. The van der Waals surface area contributed by atoms with Gasteiger partial charge in [0.05, 0.1) is 5.56 Å². The zero-order valence-corrected chi connectivity index (χ0v) is 16.1. The van der Waals surface area contributed by atoms with Gasteiger partial charge in [-0.1, -0.05) is 48.5 Å². The van der Waals surface area contributed by atoms with Crippen molar-refractivity contribution >= 4 is 28.5 Å². The molecule has 1 aliphatic rings. The second-order valence-corrected chi connectivity index (χ2v) is 7.28. The fourth-order valence-corrected chi connectivity index (χ4v) is 3.74. The van der Waals surface area contributed by atoms with E-state index in [0.717, 1.165) is 23.9 Å². The Kier molecular flexibility index (Phi) is 5.42. The SMILES string of the molecule is O=C(Cn1cc(C(=O)C(=O)N2CCCC2)c2ccccc21)NCc1ccccc1. The number of benzene rings is 2. The molecule has 2 aromatic carbocycles. The van der Waals surface area contributed by atoms with Gasteiger partial charge in [-0.3, -0.25) is 14.4 Å². The summed E-state index contributed by atoms with van der Waals surface area (Å²) in [5.41, 5.74) is 2.14. The second kappa shape index (κ2) is 8.31. The Hall–Kier alpha value is -3.41.